The zero-order chi connectivity index (χ0) is 24.5. The van der Waals surface area contributed by atoms with Gasteiger partial charge in [-0.2, -0.15) is 0 Å². The molecule has 1 heterocycles. The van der Waals surface area contributed by atoms with Crippen molar-refractivity contribution in [2.24, 2.45) is 0 Å². The Hall–Kier alpha value is -2.49. The van der Waals surface area contributed by atoms with Crippen LogP contribution in [0.25, 0.3) is 0 Å². The number of thioether (sulfide) groups is 1. The number of carbonyl (C=O) groups is 1. The van der Waals surface area contributed by atoms with Crippen LogP contribution in [0.2, 0.25) is 5.02 Å². The third kappa shape index (κ3) is 7.25. The van der Waals surface area contributed by atoms with Gasteiger partial charge < -0.3 is 19.4 Å². The van der Waals surface area contributed by atoms with Crippen LogP contribution in [0.1, 0.15) is 17.8 Å². The summed E-state index contributed by atoms with van der Waals surface area (Å²) in [5.41, 5.74) is 1.68. The standard InChI is InChI=1S/C24H26BrClN4O3S/c1-4-11-30-22(6-5-12-33-20-10-8-17(26)14-18(20)25)28-29-24(30)34-15-23(31)27-19-13-16(2)7-9-21(19)32-3/h4,7-10,13-14H,1,5-6,11-12,15H2,2-3H3,(H,27,31). The molecule has 0 aliphatic carbocycles. The lowest BCUT2D eigenvalue weighted by Crippen LogP contribution is -2.15. The highest BCUT2D eigenvalue weighted by Gasteiger charge is 2.15. The molecular weight excluding hydrogens is 540 g/mol. The monoisotopic (exact) mass is 564 g/mol. The van der Waals surface area contributed by atoms with Gasteiger partial charge in [-0.3, -0.25) is 4.79 Å². The van der Waals surface area contributed by atoms with Gasteiger partial charge in [-0.25, -0.2) is 0 Å². The Morgan fingerprint density at radius 1 is 1.26 bits per heavy atom. The van der Waals surface area contributed by atoms with E-state index in [1.54, 1.807) is 25.3 Å². The Morgan fingerprint density at radius 3 is 2.79 bits per heavy atom. The van der Waals surface area contributed by atoms with Gasteiger partial charge in [0, 0.05) is 18.0 Å². The minimum absolute atomic E-state index is 0.148. The highest BCUT2D eigenvalue weighted by atomic mass is 79.9. The van der Waals surface area contributed by atoms with Crippen LogP contribution in [-0.2, 0) is 17.8 Å². The predicted molar refractivity (Wildman–Crippen MR) is 140 cm³/mol. The van der Waals surface area contributed by atoms with Crippen molar-refractivity contribution in [1.82, 2.24) is 14.8 Å². The van der Waals surface area contributed by atoms with Crippen molar-refractivity contribution < 1.29 is 14.3 Å². The molecule has 0 spiro atoms. The average Bonchev–Trinajstić information content (AvgIpc) is 3.18. The molecule has 7 nitrogen and oxygen atoms in total. The number of nitrogens with zero attached hydrogens (tertiary/aromatic N) is 3. The molecule has 1 amide bonds. The van der Waals surface area contributed by atoms with Crippen molar-refractivity contribution in [2.45, 2.75) is 31.5 Å². The minimum Gasteiger partial charge on any atom is -0.495 e. The zero-order valence-electron chi connectivity index (χ0n) is 19.0. The fraction of sp³-hybridized carbons (Fsp3) is 0.292. The molecule has 0 radical (unpaired) electrons. The molecule has 0 aliphatic heterocycles. The van der Waals surface area contributed by atoms with Crippen molar-refractivity contribution in [3.8, 4) is 11.5 Å². The Kier molecular flexibility index (Phi) is 9.86. The van der Waals surface area contributed by atoms with Crippen molar-refractivity contribution in [1.29, 1.82) is 0 Å². The van der Waals surface area contributed by atoms with Gasteiger partial charge >= 0.3 is 0 Å². The summed E-state index contributed by atoms with van der Waals surface area (Å²) in [6.45, 7) is 6.87. The van der Waals surface area contributed by atoms with Crippen LogP contribution in [0.3, 0.4) is 0 Å². The summed E-state index contributed by atoms with van der Waals surface area (Å²) in [5.74, 6) is 2.23. The second-order valence-corrected chi connectivity index (χ2v) is 9.60. The quantitative estimate of drug-likeness (QED) is 0.166. The van der Waals surface area contributed by atoms with Crippen LogP contribution in [0.4, 0.5) is 5.69 Å². The first-order chi connectivity index (χ1) is 16.4. The van der Waals surface area contributed by atoms with Gasteiger partial charge in [0.05, 0.1) is 29.6 Å². The lowest BCUT2D eigenvalue weighted by molar-refractivity contribution is -0.113. The van der Waals surface area contributed by atoms with Crippen LogP contribution in [0, 0.1) is 6.92 Å². The number of allylic oxidation sites excluding steroid dienone is 1. The van der Waals surface area contributed by atoms with Crippen molar-refractivity contribution in [3.63, 3.8) is 0 Å². The van der Waals surface area contributed by atoms with E-state index in [0.717, 1.165) is 28.0 Å². The summed E-state index contributed by atoms with van der Waals surface area (Å²) < 4.78 is 13.9. The Labute approximate surface area is 217 Å². The first-order valence-corrected chi connectivity index (χ1v) is 12.7. The van der Waals surface area contributed by atoms with Crippen LogP contribution in [-0.4, -0.2) is 40.1 Å². The predicted octanol–water partition coefficient (Wildman–Crippen LogP) is 5.94. The Balaban J connectivity index is 1.55. The minimum atomic E-state index is -0.148. The number of hydrogen-bond donors (Lipinski definition) is 1. The topological polar surface area (TPSA) is 78.3 Å². The fourth-order valence-corrected chi connectivity index (χ4v) is 4.73. The van der Waals surface area contributed by atoms with E-state index in [4.69, 9.17) is 21.1 Å². The highest BCUT2D eigenvalue weighted by molar-refractivity contribution is 9.10. The maximum absolute atomic E-state index is 12.5. The van der Waals surface area contributed by atoms with E-state index in [0.29, 0.717) is 41.2 Å². The number of carbonyl (C=O) groups excluding carboxylic acids is 1. The smallest absolute Gasteiger partial charge is 0.234 e. The van der Waals surface area contributed by atoms with E-state index in [1.165, 1.54) is 11.8 Å². The number of rotatable bonds is 12. The second-order valence-electron chi connectivity index (χ2n) is 7.37. The van der Waals surface area contributed by atoms with E-state index in [-0.39, 0.29) is 11.7 Å². The number of aryl methyl sites for hydroxylation is 2. The lowest BCUT2D eigenvalue weighted by atomic mass is 10.2. The summed E-state index contributed by atoms with van der Waals surface area (Å²) in [6.07, 6.45) is 3.22. The van der Waals surface area contributed by atoms with Crippen LogP contribution < -0.4 is 14.8 Å². The molecule has 0 unspecified atom stereocenters. The molecule has 0 saturated heterocycles. The van der Waals surface area contributed by atoms with Crippen LogP contribution in [0.15, 0.2) is 58.7 Å². The Morgan fingerprint density at radius 2 is 2.06 bits per heavy atom. The number of halogens is 2. The fourth-order valence-electron chi connectivity index (χ4n) is 3.16. The van der Waals surface area contributed by atoms with Gasteiger partial charge in [-0.1, -0.05) is 35.5 Å². The number of anilines is 1. The lowest BCUT2D eigenvalue weighted by Gasteiger charge is -2.11. The molecule has 1 aromatic heterocycles. The average molecular weight is 566 g/mol. The number of benzene rings is 2. The number of ether oxygens (including phenoxy) is 2. The first-order valence-electron chi connectivity index (χ1n) is 10.6. The van der Waals surface area contributed by atoms with Gasteiger partial charge in [0.2, 0.25) is 5.91 Å². The molecule has 3 aromatic rings. The summed E-state index contributed by atoms with van der Waals surface area (Å²) in [4.78, 5) is 12.5. The van der Waals surface area contributed by atoms with Crippen LogP contribution >= 0.6 is 39.3 Å². The Bertz CT molecular complexity index is 1160. The molecule has 34 heavy (non-hydrogen) atoms. The summed E-state index contributed by atoms with van der Waals surface area (Å²) in [5, 5.41) is 12.8. The van der Waals surface area contributed by atoms with E-state index < -0.39 is 0 Å². The van der Waals surface area contributed by atoms with Crippen molar-refractivity contribution >= 4 is 50.9 Å². The molecular formula is C24H26BrClN4O3S. The molecule has 0 fully saturated rings. The summed E-state index contributed by atoms with van der Waals surface area (Å²) in [7, 11) is 1.58. The number of methoxy groups -OCH3 is 1. The van der Waals surface area contributed by atoms with E-state index in [9.17, 15) is 4.79 Å². The molecule has 10 heteroatoms. The SMILES string of the molecule is C=CCn1c(CCCOc2ccc(Cl)cc2Br)nnc1SCC(=O)Nc1cc(C)ccc1OC. The van der Waals surface area contributed by atoms with Gasteiger partial charge in [-0.15, -0.1) is 16.8 Å². The molecule has 0 aliphatic rings. The first kappa shape index (κ1) is 26.1. The van der Waals surface area contributed by atoms with Gasteiger partial charge in [0.25, 0.3) is 0 Å². The molecule has 0 saturated carbocycles. The van der Waals surface area contributed by atoms with Gasteiger partial charge in [0.15, 0.2) is 5.16 Å². The molecule has 0 atom stereocenters. The summed E-state index contributed by atoms with van der Waals surface area (Å²) in [6, 6.07) is 11.1. The van der Waals surface area contributed by atoms with E-state index in [2.05, 4.69) is 38.0 Å². The third-order valence-electron chi connectivity index (χ3n) is 4.76. The summed E-state index contributed by atoms with van der Waals surface area (Å²) >= 11 is 10.8. The molecule has 1 N–H and O–H groups in total. The number of amides is 1. The second kappa shape index (κ2) is 12.8. The molecule has 3 rings (SSSR count). The van der Waals surface area contributed by atoms with E-state index >= 15 is 0 Å². The maximum atomic E-state index is 12.5. The van der Waals surface area contributed by atoms with E-state index in [1.807, 2.05) is 35.8 Å². The molecule has 180 valence electrons. The normalized spacial score (nSPS) is 10.7. The number of aromatic nitrogens is 3. The molecule has 2 aromatic carbocycles. The number of nitrogens with one attached hydrogen (secondary N) is 1. The zero-order valence-corrected chi connectivity index (χ0v) is 22.2. The van der Waals surface area contributed by atoms with Crippen molar-refractivity contribution in [2.75, 3.05) is 24.8 Å². The molecule has 0 bridgehead atoms. The van der Waals surface area contributed by atoms with Crippen LogP contribution in [0.5, 0.6) is 11.5 Å². The number of hydrogen-bond acceptors (Lipinski definition) is 6. The largest absolute Gasteiger partial charge is 0.495 e. The van der Waals surface area contributed by atoms with Gasteiger partial charge in [0.1, 0.15) is 17.3 Å². The third-order valence-corrected chi connectivity index (χ3v) is 6.58. The maximum Gasteiger partial charge on any atom is 0.234 e. The van der Waals surface area contributed by atoms with Crippen molar-refractivity contribution in [3.05, 3.63) is 69.9 Å². The van der Waals surface area contributed by atoms with Gasteiger partial charge in [-0.05, 0) is 65.2 Å². The highest BCUT2D eigenvalue weighted by Crippen LogP contribution is 2.28.